The lowest BCUT2D eigenvalue weighted by molar-refractivity contribution is 0.292. The van der Waals surface area contributed by atoms with Gasteiger partial charge in [0.1, 0.15) is 0 Å². The highest BCUT2D eigenvalue weighted by Gasteiger charge is 2.10. The number of rotatable bonds is 8. The molecule has 19 heavy (non-hydrogen) atoms. The lowest BCUT2D eigenvalue weighted by Gasteiger charge is -2.23. The predicted octanol–water partition coefficient (Wildman–Crippen LogP) is 2.95. The van der Waals surface area contributed by atoms with Crippen molar-refractivity contribution in [2.24, 2.45) is 0 Å². The molecular weight excluding hydrogens is 234 g/mol. The number of anilines is 1. The number of hydrogen-bond donors (Lipinski definition) is 1. The summed E-state index contributed by atoms with van der Waals surface area (Å²) in [5.41, 5.74) is 9.83. The van der Waals surface area contributed by atoms with Crippen LogP contribution in [0.15, 0.2) is 18.2 Å². The van der Waals surface area contributed by atoms with Crippen molar-refractivity contribution in [1.29, 1.82) is 0 Å². The molecule has 0 spiro atoms. The Labute approximate surface area is 118 Å². The highest BCUT2D eigenvalue weighted by atomic mass is 15.1. The molecule has 1 aromatic carbocycles. The van der Waals surface area contributed by atoms with Crippen LogP contribution in [0, 0.1) is 0 Å². The maximum Gasteiger partial charge on any atom is 0.0405 e. The summed E-state index contributed by atoms with van der Waals surface area (Å²) >= 11 is 0. The van der Waals surface area contributed by atoms with Gasteiger partial charge in [0.25, 0.3) is 0 Å². The van der Waals surface area contributed by atoms with E-state index in [1.165, 1.54) is 11.1 Å². The van der Waals surface area contributed by atoms with Gasteiger partial charge >= 0.3 is 0 Å². The average molecular weight is 263 g/mol. The third-order valence-electron chi connectivity index (χ3n) is 3.86. The third kappa shape index (κ3) is 4.51. The van der Waals surface area contributed by atoms with Crippen molar-refractivity contribution < 1.29 is 0 Å². The Morgan fingerprint density at radius 2 is 1.16 bits per heavy atom. The van der Waals surface area contributed by atoms with Gasteiger partial charge in [0.05, 0.1) is 0 Å². The van der Waals surface area contributed by atoms with Crippen LogP contribution in [0.5, 0.6) is 0 Å². The molecule has 0 saturated carbocycles. The summed E-state index contributed by atoms with van der Waals surface area (Å²) in [4.78, 5) is 4.79. The topological polar surface area (TPSA) is 32.5 Å². The second-order valence-electron chi connectivity index (χ2n) is 4.91. The van der Waals surface area contributed by atoms with Gasteiger partial charge in [0, 0.05) is 18.8 Å². The van der Waals surface area contributed by atoms with Crippen molar-refractivity contribution in [3.05, 3.63) is 29.3 Å². The quantitative estimate of drug-likeness (QED) is 0.732. The molecule has 3 heteroatoms. The molecule has 0 aromatic heterocycles. The van der Waals surface area contributed by atoms with E-state index < -0.39 is 0 Å². The molecular formula is C16H29N3. The number of nitrogen functional groups attached to an aromatic ring is 1. The summed E-state index contributed by atoms with van der Waals surface area (Å²) in [6, 6.07) is 6.44. The van der Waals surface area contributed by atoms with Crippen LogP contribution in [-0.2, 0) is 13.1 Å². The summed E-state index contributed by atoms with van der Waals surface area (Å²) in [6.07, 6.45) is 0. The fraction of sp³-hybridized carbons (Fsp3) is 0.625. The van der Waals surface area contributed by atoms with E-state index in [2.05, 4.69) is 55.7 Å². The van der Waals surface area contributed by atoms with E-state index in [0.717, 1.165) is 45.0 Å². The molecule has 3 nitrogen and oxygen atoms in total. The maximum atomic E-state index is 6.35. The first kappa shape index (κ1) is 16.0. The van der Waals surface area contributed by atoms with Crippen molar-refractivity contribution in [3.63, 3.8) is 0 Å². The lowest BCUT2D eigenvalue weighted by atomic mass is 10.1. The van der Waals surface area contributed by atoms with E-state index in [9.17, 15) is 0 Å². The van der Waals surface area contributed by atoms with Gasteiger partial charge in [0.15, 0.2) is 0 Å². The zero-order valence-corrected chi connectivity index (χ0v) is 12.9. The minimum absolute atomic E-state index is 0.949. The van der Waals surface area contributed by atoms with Gasteiger partial charge in [-0.05, 0) is 37.3 Å². The summed E-state index contributed by atoms with van der Waals surface area (Å²) in [5.74, 6) is 0. The Morgan fingerprint density at radius 3 is 1.47 bits per heavy atom. The third-order valence-corrected chi connectivity index (χ3v) is 3.86. The van der Waals surface area contributed by atoms with Crippen molar-refractivity contribution in [2.75, 3.05) is 31.9 Å². The molecule has 0 aliphatic carbocycles. The average Bonchev–Trinajstić information content (AvgIpc) is 2.45. The van der Waals surface area contributed by atoms with Crippen LogP contribution in [0.1, 0.15) is 38.8 Å². The molecule has 2 N–H and O–H groups in total. The SMILES string of the molecule is CCN(CC)Cc1cccc(CN(CC)CC)c1N. The van der Waals surface area contributed by atoms with Gasteiger partial charge in [-0.15, -0.1) is 0 Å². The van der Waals surface area contributed by atoms with Gasteiger partial charge in [-0.2, -0.15) is 0 Å². The first-order valence-corrected chi connectivity index (χ1v) is 7.47. The Balaban J connectivity index is 2.85. The molecule has 0 aliphatic rings. The molecule has 0 bridgehead atoms. The Kier molecular flexibility index (Phi) is 6.89. The number of para-hydroxylation sites is 1. The van der Waals surface area contributed by atoms with Crippen molar-refractivity contribution in [2.45, 2.75) is 40.8 Å². The van der Waals surface area contributed by atoms with Gasteiger partial charge in [-0.3, -0.25) is 9.80 Å². The monoisotopic (exact) mass is 263 g/mol. The maximum absolute atomic E-state index is 6.35. The summed E-state index contributed by atoms with van der Waals surface area (Å²) in [6.45, 7) is 14.9. The van der Waals surface area contributed by atoms with Crippen molar-refractivity contribution in [3.8, 4) is 0 Å². The van der Waals surface area contributed by atoms with Crippen LogP contribution in [0.25, 0.3) is 0 Å². The molecule has 0 aliphatic heterocycles. The van der Waals surface area contributed by atoms with Crippen LogP contribution < -0.4 is 5.73 Å². The molecule has 1 rings (SSSR count). The van der Waals surface area contributed by atoms with E-state index in [1.54, 1.807) is 0 Å². The van der Waals surface area contributed by atoms with E-state index >= 15 is 0 Å². The number of nitrogens with two attached hydrogens (primary N) is 1. The molecule has 0 unspecified atom stereocenters. The molecule has 0 radical (unpaired) electrons. The van der Waals surface area contributed by atoms with Gasteiger partial charge < -0.3 is 5.73 Å². The molecule has 108 valence electrons. The standard InChI is InChI=1S/C16H29N3/c1-5-18(6-2)12-14-10-9-11-15(16(14)17)13-19(7-3)8-4/h9-11H,5-8,12-13,17H2,1-4H3. The largest absolute Gasteiger partial charge is 0.398 e. The minimum Gasteiger partial charge on any atom is -0.398 e. The molecule has 0 heterocycles. The fourth-order valence-corrected chi connectivity index (χ4v) is 2.32. The van der Waals surface area contributed by atoms with Crippen LogP contribution in [-0.4, -0.2) is 36.0 Å². The first-order valence-electron chi connectivity index (χ1n) is 7.47. The molecule has 1 aromatic rings. The van der Waals surface area contributed by atoms with Crippen molar-refractivity contribution in [1.82, 2.24) is 9.80 Å². The van der Waals surface area contributed by atoms with Gasteiger partial charge in [0.2, 0.25) is 0 Å². The second kappa shape index (κ2) is 8.18. The number of hydrogen-bond acceptors (Lipinski definition) is 3. The van der Waals surface area contributed by atoms with Gasteiger partial charge in [-0.1, -0.05) is 45.9 Å². The van der Waals surface area contributed by atoms with Gasteiger partial charge in [-0.25, -0.2) is 0 Å². The van der Waals surface area contributed by atoms with E-state index in [4.69, 9.17) is 5.73 Å². The Hall–Kier alpha value is -1.06. The zero-order valence-electron chi connectivity index (χ0n) is 12.9. The van der Waals surface area contributed by atoms with Crippen LogP contribution in [0.4, 0.5) is 5.69 Å². The normalized spacial score (nSPS) is 11.5. The van der Waals surface area contributed by atoms with Crippen LogP contribution in [0.3, 0.4) is 0 Å². The van der Waals surface area contributed by atoms with E-state index in [1.807, 2.05) is 0 Å². The number of nitrogens with zero attached hydrogens (tertiary/aromatic N) is 2. The number of benzene rings is 1. The summed E-state index contributed by atoms with van der Waals surface area (Å²) in [7, 11) is 0. The summed E-state index contributed by atoms with van der Waals surface area (Å²) < 4.78 is 0. The summed E-state index contributed by atoms with van der Waals surface area (Å²) in [5, 5.41) is 0. The minimum atomic E-state index is 0.949. The van der Waals surface area contributed by atoms with Crippen LogP contribution in [0.2, 0.25) is 0 Å². The highest BCUT2D eigenvalue weighted by molar-refractivity contribution is 5.53. The molecule has 0 amide bonds. The van der Waals surface area contributed by atoms with Crippen molar-refractivity contribution >= 4 is 5.69 Å². The van der Waals surface area contributed by atoms with E-state index in [0.29, 0.717) is 0 Å². The fourth-order valence-electron chi connectivity index (χ4n) is 2.32. The predicted molar refractivity (Wildman–Crippen MR) is 84.1 cm³/mol. The smallest absolute Gasteiger partial charge is 0.0405 e. The zero-order chi connectivity index (χ0) is 14.3. The Bertz CT molecular complexity index is 336. The highest BCUT2D eigenvalue weighted by Crippen LogP contribution is 2.20. The van der Waals surface area contributed by atoms with Crippen LogP contribution >= 0.6 is 0 Å². The molecule has 0 saturated heterocycles. The molecule has 0 atom stereocenters. The van der Waals surface area contributed by atoms with E-state index in [-0.39, 0.29) is 0 Å². The Morgan fingerprint density at radius 1 is 0.789 bits per heavy atom. The first-order chi connectivity index (χ1) is 9.15. The molecule has 0 fully saturated rings. The lowest BCUT2D eigenvalue weighted by Crippen LogP contribution is -2.25. The second-order valence-corrected chi connectivity index (χ2v) is 4.91.